The lowest BCUT2D eigenvalue weighted by atomic mass is 9.90. The van der Waals surface area contributed by atoms with Crippen molar-refractivity contribution in [3.8, 4) is 0 Å². The highest BCUT2D eigenvalue weighted by molar-refractivity contribution is 5.71. The fourth-order valence-electron chi connectivity index (χ4n) is 3.24. The molecule has 110 valence electrons. The summed E-state index contributed by atoms with van der Waals surface area (Å²) >= 11 is 0. The van der Waals surface area contributed by atoms with Gasteiger partial charge in [-0.05, 0) is 51.1 Å². The Bertz CT molecular complexity index is 277. The number of hydrogen-bond acceptors (Lipinski definition) is 4. The molecule has 2 fully saturated rings. The van der Waals surface area contributed by atoms with Crippen LogP contribution in [-0.2, 0) is 9.53 Å². The van der Waals surface area contributed by atoms with Gasteiger partial charge in [0.15, 0.2) is 0 Å². The fourth-order valence-corrected chi connectivity index (χ4v) is 3.24. The first-order valence-electron chi connectivity index (χ1n) is 7.91. The zero-order valence-electron chi connectivity index (χ0n) is 12.2. The largest absolute Gasteiger partial charge is 0.465 e. The maximum Gasteiger partial charge on any atom is 0.320 e. The lowest BCUT2D eigenvalue weighted by Gasteiger charge is -2.35. The van der Waals surface area contributed by atoms with Crippen molar-refractivity contribution in [1.29, 1.82) is 0 Å². The summed E-state index contributed by atoms with van der Waals surface area (Å²) in [6.45, 7) is 6.44. The fraction of sp³-hybridized carbons (Fsp3) is 0.933. The van der Waals surface area contributed by atoms with Gasteiger partial charge in [0.2, 0.25) is 0 Å². The molecular weight excluding hydrogens is 240 g/mol. The average Bonchev–Trinajstić information content (AvgIpc) is 2.93. The Labute approximate surface area is 116 Å². The van der Waals surface area contributed by atoms with E-state index in [-0.39, 0.29) is 5.97 Å². The van der Waals surface area contributed by atoms with Crippen LogP contribution in [0.5, 0.6) is 0 Å². The Morgan fingerprint density at radius 3 is 3.00 bits per heavy atom. The zero-order valence-corrected chi connectivity index (χ0v) is 12.2. The molecule has 0 saturated carbocycles. The van der Waals surface area contributed by atoms with Crippen molar-refractivity contribution >= 4 is 5.97 Å². The molecule has 0 bridgehead atoms. The maximum absolute atomic E-state index is 11.7. The summed E-state index contributed by atoms with van der Waals surface area (Å²) in [4.78, 5) is 14.0. The number of piperidine rings is 1. The molecule has 0 spiro atoms. The lowest BCUT2D eigenvalue weighted by molar-refractivity contribution is -0.145. The van der Waals surface area contributed by atoms with Crippen LogP contribution in [0.3, 0.4) is 0 Å². The highest BCUT2D eigenvalue weighted by Gasteiger charge is 2.29. The summed E-state index contributed by atoms with van der Waals surface area (Å²) in [5.41, 5.74) is 0. The predicted octanol–water partition coefficient (Wildman–Crippen LogP) is 1.79. The smallest absolute Gasteiger partial charge is 0.320 e. The van der Waals surface area contributed by atoms with Crippen molar-refractivity contribution in [2.75, 3.05) is 32.8 Å². The number of ether oxygens (including phenoxy) is 1. The van der Waals surface area contributed by atoms with Gasteiger partial charge in [0, 0.05) is 12.6 Å². The summed E-state index contributed by atoms with van der Waals surface area (Å²) < 4.78 is 5.25. The SMILES string of the molecule is CCCCOC(=O)CN1CCCC(C2CCCN2)C1. The van der Waals surface area contributed by atoms with Gasteiger partial charge >= 0.3 is 5.97 Å². The maximum atomic E-state index is 11.7. The van der Waals surface area contributed by atoms with Crippen LogP contribution in [0.15, 0.2) is 0 Å². The Hall–Kier alpha value is -0.610. The van der Waals surface area contributed by atoms with Gasteiger partial charge in [-0.3, -0.25) is 9.69 Å². The number of carbonyl (C=O) groups excluding carboxylic acids is 1. The van der Waals surface area contributed by atoms with E-state index in [0.717, 1.165) is 31.8 Å². The van der Waals surface area contributed by atoms with Gasteiger partial charge in [-0.15, -0.1) is 0 Å². The van der Waals surface area contributed by atoms with Gasteiger partial charge in [0.05, 0.1) is 13.2 Å². The standard InChI is InChI=1S/C15H28N2O2/c1-2-3-10-19-15(18)12-17-9-5-6-13(11-17)14-7-4-8-16-14/h13-14,16H,2-12H2,1H3. The molecule has 2 aliphatic rings. The van der Waals surface area contributed by atoms with Gasteiger partial charge in [-0.1, -0.05) is 13.3 Å². The molecule has 0 amide bonds. The summed E-state index contributed by atoms with van der Waals surface area (Å²) in [5, 5.41) is 3.60. The van der Waals surface area contributed by atoms with Crippen LogP contribution in [0.25, 0.3) is 0 Å². The van der Waals surface area contributed by atoms with Crippen molar-refractivity contribution in [2.24, 2.45) is 5.92 Å². The van der Waals surface area contributed by atoms with Crippen LogP contribution in [0.1, 0.15) is 45.4 Å². The molecule has 4 heteroatoms. The Morgan fingerprint density at radius 2 is 2.26 bits per heavy atom. The van der Waals surface area contributed by atoms with E-state index in [4.69, 9.17) is 4.74 Å². The second-order valence-electron chi connectivity index (χ2n) is 5.91. The number of likely N-dealkylation sites (tertiary alicyclic amines) is 1. The zero-order chi connectivity index (χ0) is 13.5. The summed E-state index contributed by atoms with van der Waals surface area (Å²) in [6.07, 6.45) is 7.18. The van der Waals surface area contributed by atoms with Crippen molar-refractivity contribution < 1.29 is 9.53 Å². The van der Waals surface area contributed by atoms with E-state index in [9.17, 15) is 4.79 Å². The summed E-state index contributed by atoms with van der Waals surface area (Å²) in [6, 6.07) is 0.680. The van der Waals surface area contributed by atoms with E-state index < -0.39 is 0 Å². The van der Waals surface area contributed by atoms with Crippen LogP contribution in [-0.4, -0.2) is 49.7 Å². The quantitative estimate of drug-likeness (QED) is 0.589. The first kappa shape index (κ1) is 14.8. The highest BCUT2D eigenvalue weighted by atomic mass is 16.5. The number of hydrogen-bond donors (Lipinski definition) is 1. The van der Waals surface area contributed by atoms with Crippen LogP contribution in [0.2, 0.25) is 0 Å². The molecule has 1 N–H and O–H groups in total. The second kappa shape index (κ2) is 7.85. The Balaban J connectivity index is 1.69. The molecule has 2 heterocycles. The van der Waals surface area contributed by atoms with Crippen LogP contribution < -0.4 is 5.32 Å². The summed E-state index contributed by atoms with van der Waals surface area (Å²) in [5.74, 6) is 0.674. The molecule has 2 atom stereocenters. The van der Waals surface area contributed by atoms with Crippen LogP contribution in [0.4, 0.5) is 0 Å². The molecule has 0 aromatic heterocycles. The molecule has 0 aromatic rings. The molecule has 2 aliphatic heterocycles. The third kappa shape index (κ3) is 4.77. The van der Waals surface area contributed by atoms with E-state index in [0.29, 0.717) is 19.2 Å². The second-order valence-corrected chi connectivity index (χ2v) is 5.91. The third-order valence-electron chi connectivity index (χ3n) is 4.32. The van der Waals surface area contributed by atoms with E-state index in [1.165, 1.54) is 32.2 Å². The summed E-state index contributed by atoms with van der Waals surface area (Å²) in [7, 11) is 0. The molecule has 0 aromatic carbocycles. The minimum absolute atomic E-state index is 0.0477. The van der Waals surface area contributed by atoms with Crippen LogP contribution >= 0.6 is 0 Å². The minimum Gasteiger partial charge on any atom is -0.465 e. The molecule has 2 unspecified atom stereocenters. The number of rotatable bonds is 6. The van der Waals surface area contributed by atoms with E-state index in [2.05, 4.69) is 17.1 Å². The third-order valence-corrected chi connectivity index (χ3v) is 4.32. The normalized spacial score (nSPS) is 28.5. The predicted molar refractivity (Wildman–Crippen MR) is 76.1 cm³/mol. The van der Waals surface area contributed by atoms with Crippen molar-refractivity contribution in [1.82, 2.24) is 10.2 Å². The monoisotopic (exact) mass is 268 g/mol. The van der Waals surface area contributed by atoms with Gasteiger partial charge in [0.25, 0.3) is 0 Å². The number of unbranched alkanes of at least 4 members (excludes halogenated alkanes) is 1. The molecule has 4 nitrogen and oxygen atoms in total. The average molecular weight is 268 g/mol. The highest BCUT2D eigenvalue weighted by Crippen LogP contribution is 2.24. The van der Waals surface area contributed by atoms with Gasteiger partial charge < -0.3 is 10.1 Å². The first-order valence-corrected chi connectivity index (χ1v) is 7.91. The van der Waals surface area contributed by atoms with Crippen molar-refractivity contribution in [3.63, 3.8) is 0 Å². The molecule has 2 saturated heterocycles. The first-order chi connectivity index (χ1) is 9.29. The Morgan fingerprint density at radius 1 is 1.37 bits per heavy atom. The van der Waals surface area contributed by atoms with Crippen LogP contribution in [0, 0.1) is 5.92 Å². The minimum atomic E-state index is -0.0477. The number of nitrogens with one attached hydrogen (secondary N) is 1. The number of esters is 1. The lowest BCUT2D eigenvalue weighted by Crippen LogP contribution is -2.45. The van der Waals surface area contributed by atoms with Gasteiger partial charge in [-0.25, -0.2) is 0 Å². The topological polar surface area (TPSA) is 41.6 Å². The van der Waals surface area contributed by atoms with Gasteiger partial charge in [0.1, 0.15) is 0 Å². The number of carbonyl (C=O) groups is 1. The molecule has 2 rings (SSSR count). The van der Waals surface area contributed by atoms with E-state index in [1.54, 1.807) is 0 Å². The molecule has 0 radical (unpaired) electrons. The Kier molecular flexibility index (Phi) is 6.11. The van der Waals surface area contributed by atoms with Crippen molar-refractivity contribution in [2.45, 2.75) is 51.5 Å². The molecular formula is C15H28N2O2. The van der Waals surface area contributed by atoms with Gasteiger partial charge in [-0.2, -0.15) is 0 Å². The molecule has 0 aliphatic carbocycles. The van der Waals surface area contributed by atoms with E-state index in [1.807, 2.05) is 0 Å². The van der Waals surface area contributed by atoms with Crippen molar-refractivity contribution in [3.05, 3.63) is 0 Å². The molecule has 19 heavy (non-hydrogen) atoms. The van der Waals surface area contributed by atoms with E-state index >= 15 is 0 Å². The number of nitrogens with zero attached hydrogens (tertiary/aromatic N) is 1.